The van der Waals surface area contributed by atoms with Crippen LogP contribution in [0.3, 0.4) is 0 Å². The van der Waals surface area contributed by atoms with Gasteiger partial charge in [-0.25, -0.2) is 4.79 Å². The van der Waals surface area contributed by atoms with E-state index in [1.165, 1.54) is 11.8 Å². The predicted molar refractivity (Wildman–Crippen MR) is 77.7 cm³/mol. The van der Waals surface area contributed by atoms with Crippen LogP contribution in [0, 0.1) is 0 Å². The van der Waals surface area contributed by atoms with Gasteiger partial charge >= 0.3 is 6.09 Å². The lowest BCUT2D eigenvalue weighted by Crippen LogP contribution is -2.51. The highest BCUT2D eigenvalue weighted by atomic mass is 16.6. The zero-order valence-corrected chi connectivity index (χ0v) is 12.2. The summed E-state index contributed by atoms with van der Waals surface area (Å²) in [6.45, 7) is 2.18. The Bertz CT molecular complexity index is 488. The first-order valence-corrected chi connectivity index (χ1v) is 7.22. The van der Waals surface area contributed by atoms with Crippen molar-refractivity contribution in [2.24, 2.45) is 0 Å². The van der Waals surface area contributed by atoms with E-state index < -0.39 is 18.2 Å². The van der Waals surface area contributed by atoms with Crippen molar-refractivity contribution in [2.75, 3.05) is 6.54 Å². The van der Waals surface area contributed by atoms with Gasteiger partial charge in [-0.3, -0.25) is 4.79 Å². The van der Waals surface area contributed by atoms with Gasteiger partial charge in [0, 0.05) is 13.0 Å². The van der Waals surface area contributed by atoms with Crippen LogP contribution in [0.15, 0.2) is 30.3 Å². The van der Waals surface area contributed by atoms with E-state index in [9.17, 15) is 14.7 Å². The van der Waals surface area contributed by atoms with Crippen molar-refractivity contribution < 1.29 is 19.4 Å². The first-order chi connectivity index (χ1) is 10.1. The molecular formula is C16H21NO4. The third-order valence-electron chi connectivity index (χ3n) is 3.68. The van der Waals surface area contributed by atoms with Gasteiger partial charge in [0.2, 0.25) is 0 Å². The lowest BCUT2D eigenvalue weighted by molar-refractivity contribution is -0.119. The number of hydrogen-bond acceptors (Lipinski definition) is 4. The third kappa shape index (κ3) is 4.29. The third-order valence-corrected chi connectivity index (χ3v) is 3.68. The number of Topliss-reactive ketones (excluding diaryl/α,β-unsaturated/α-hetero) is 1. The number of aliphatic hydroxyl groups excluding tert-OH is 1. The lowest BCUT2D eigenvalue weighted by Gasteiger charge is -2.37. The number of ether oxygens (including phenoxy) is 1. The Labute approximate surface area is 124 Å². The Morgan fingerprint density at radius 2 is 2.05 bits per heavy atom. The summed E-state index contributed by atoms with van der Waals surface area (Å²) in [5, 5.41) is 10.0. The van der Waals surface area contributed by atoms with Crippen molar-refractivity contribution in [3.63, 3.8) is 0 Å². The Kier molecular flexibility index (Phi) is 5.33. The monoisotopic (exact) mass is 291 g/mol. The molecular weight excluding hydrogens is 270 g/mol. The molecule has 2 rings (SSSR count). The highest BCUT2D eigenvalue weighted by Crippen LogP contribution is 2.22. The molecule has 5 heteroatoms. The summed E-state index contributed by atoms with van der Waals surface area (Å²) in [4.78, 5) is 25.0. The molecule has 5 nitrogen and oxygen atoms in total. The summed E-state index contributed by atoms with van der Waals surface area (Å²) in [7, 11) is 0. The molecule has 114 valence electrons. The van der Waals surface area contributed by atoms with E-state index in [2.05, 4.69) is 0 Å². The van der Waals surface area contributed by atoms with Gasteiger partial charge in [-0.1, -0.05) is 30.3 Å². The quantitative estimate of drug-likeness (QED) is 0.923. The van der Waals surface area contributed by atoms with Crippen LogP contribution in [0.5, 0.6) is 0 Å². The fourth-order valence-electron chi connectivity index (χ4n) is 2.61. The van der Waals surface area contributed by atoms with Crippen LogP contribution < -0.4 is 0 Å². The number of carbonyl (C=O) groups excluding carboxylic acids is 2. The number of aliphatic hydroxyl groups is 1. The molecule has 1 aromatic carbocycles. The average Bonchev–Trinajstić information content (AvgIpc) is 2.47. The summed E-state index contributed by atoms with van der Waals surface area (Å²) >= 11 is 0. The van der Waals surface area contributed by atoms with Gasteiger partial charge in [-0.05, 0) is 25.3 Å². The van der Waals surface area contributed by atoms with Crippen LogP contribution in [0.1, 0.15) is 31.7 Å². The smallest absolute Gasteiger partial charge is 0.410 e. The molecule has 2 atom stereocenters. The number of ketones is 1. The molecule has 1 aliphatic rings. The number of piperidine rings is 1. The highest BCUT2D eigenvalue weighted by Gasteiger charge is 2.34. The molecule has 0 aliphatic carbocycles. The van der Waals surface area contributed by atoms with E-state index in [4.69, 9.17) is 4.74 Å². The van der Waals surface area contributed by atoms with E-state index in [0.717, 1.165) is 12.0 Å². The first kappa shape index (κ1) is 15.5. The second kappa shape index (κ2) is 7.22. The second-order valence-corrected chi connectivity index (χ2v) is 5.42. The van der Waals surface area contributed by atoms with E-state index in [0.29, 0.717) is 13.0 Å². The second-order valence-electron chi connectivity index (χ2n) is 5.42. The Morgan fingerprint density at radius 3 is 2.71 bits per heavy atom. The number of amides is 1. The maximum absolute atomic E-state index is 12.2. The maximum atomic E-state index is 12.2. The molecule has 1 aliphatic heterocycles. The minimum Gasteiger partial charge on any atom is -0.445 e. The highest BCUT2D eigenvalue weighted by molar-refractivity contribution is 5.77. The number of benzene rings is 1. The van der Waals surface area contributed by atoms with Crippen molar-refractivity contribution in [3.8, 4) is 0 Å². The minimum absolute atomic E-state index is 0.0400. The molecule has 1 fully saturated rings. The molecule has 0 bridgehead atoms. The van der Waals surface area contributed by atoms with Gasteiger partial charge in [0.25, 0.3) is 0 Å². The zero-order chi connectivity index (χ0) is 15.2. The predicted octanol–water partition coefficient (Wildman–Crippen LogP) is 2.13. The molecule has 1 aromatic rings. The number of nitrogens with zero attached hydrogens (tertiary/aromatic N) is 1. The molecule has 1 saturated heterocycles. The Morgan fingerprint density at radius 1 is 1.33 bits per heavy atom. The largest absolute Gasteiger partial charge is 0.445 e. The summed E-state index contributed by atoms with van der Waals surface area (Å²) in [6, 6.07) is 8.95. The van der Waals surface area contributed by atoms with Gasteiger partial charge in [0.1, 0.15) is 12.4 Å². The topological polar surface area (TPSA) is 66.8 Å². The Hall–Kier alpha value is -1.88. The fraction of sp³-hybridized carbons (Fsp3) is 0.500. The zero-order valence-electron chi connectivity index (χ0n) is 12.2. The van der Waals surface area contributed by atoms with Gasteiger partial charge < -0.3 is 14.7 Å². The number of carbonyl (C=O) groups is 2. The number of hydrogen-bond donors (Lipinski definition) is 1. The summed E-state index contributed by atoms with van der Waals surface area (Å²) in [5.74, 6) is -0.0400. The van der Waals surface area contributed by atoms with Crippen molar-refractivity contribution in [2.45, 2.75) is 44.9 Å². The van der Waals surface area contributed by atoms with Gasteiger partial charge in [0.15, 0.2) is 0 Å². The van der Waals surface area contributed by atoms with Gasteiger partial charge in [-0.2, -0.15) is 0 Å². The normalized spacial score (nSPS) is 21.9. The standard InChI is InChI=1S/C16H21NO4/c1-12(18)10-14-15(19)8-5-9-17(14)16(20)21-11-13-6-3-2-4-7-13/h2-4,6-7,14-15,19H,5,8-11H2,1H3/t14-,15-/m1/s1. The fourth-order valence-corrected chi connectivity index (χ4v) is 2.61. The Balaban J connectivity index is 1.96. The molecule has 21 heavy (non-hydrogen) atoms. The van der Waals surface area contributed by atoms with Crippen LogP contribution in [0.4, 0.5) is 4.79 Å². The summed E-state index contributed by atoms with van der Waals surface area (Å²) in [6.07, 6.45) is 0.369. The first-order valence-electron chi connectivity index (χ1n) is 7.22. The minimum atomic E-state index is -0.660. The van der Waals surface area contributed by atoms with Crippen molar-refractivity contribution >= 4 is 11.9 Å². The van der Waals surface area contributed by atoms with Gasteiger partial charge in [-0.15, -0.1) is 0 Å². The summed E-state index contributed by atoms with van der Waals surface area (Å²) in [5.41, 5.74) is 0.909. The number of likely N-dealkylation sites (tertiary alicyclic amines) is 1. The molecule has 1 heterocycles. The molecule has 0 radical (unpaired) electrons. The van der Waals surface area contributed by atoms with Crippen LogP contribution in [0.25, 0.3) is 0 Å². The molecule has 1 amide bonds. The molecule has 0 aromatic heterocycles. The molecule has 1 N–H and O–H groups in total. The lowest BCUT2D eigenvalue weighted by atomic mass is 9.95. The van der Waals surface area contributed by atoms with Crippen molar-refractivity contribution in [1.29, 1.82) is 0 Å². The average molecular weight is 291 g/mol. The van der Waals surface area contributed by atoms with Gasteiger partial charge in [0.05, 0.1) is 12.1 Å². The van der Waals surface area contributed by atoms with E-state index in [1.807, 2.05) is 30.3 Å². The van der Waals surface area contributed by atoms with E-state index >= 15 is 0 Å². The molecule has 0 spiro atoms. The van der Waals surface area contributed by atoms with Crippen molar-refractivity contribution in [1.82, 2.24) is 4.90 Å². The molecule has 0 unspecified atom stereocenters. The van der Waals surface area contributed by atoms with Crippen LogP contribution in [-0.4, -0.2) is 40.6 Å². The van der Waals surface area contributed by atoms with Crippen LogP contribution >= 0.6 is 0 Å². The maximum Gasteiger partial charge on any atom is 0.410 e. The SMILES string of the molecule is CC(=O)C[C@@H]1[C@H](O)CCCN1C(=O)OCc1ccccc1. The van der Waals surface area contributed by atoms with Crippen LogP contribution in [-0.2, 0) is 16.1 Å². The molecule has 0 saturated carbocycles. The van der Waals surface area contributed by atoms with E-state index in [1.54, 1.807) is 0 Å². The van der Waals surface area contributed by atoms with Crippen LogP contribution in [0.2, 0.25) is 0 Å². The van der Waals surface area contributed by atoms with E-state index in [-0.39, 0.29) is 18.8 Å². The number of rotatable bonds is 4. The summed E-state index contributed by atoms with van der Waals surface area (Å²) < 4.78 is 5.29. The van der Waals surface area contributed by atoms with Crippen molar-refractivity contribution in [3.05, 3.63) is 35.9 Å².